The summed E-state index contributed by atoms with van der Waals surface area (Å²) in [6.07, 6.45) is 9.15. The molecule has 0 atom stereocenters. The smallest absolute Gasteiger partial charge is 0.0966 e. The summed E-state index contributed by atoms with van der Waals surface area (Å²) >= 11 is 0. The van der Waals surface area contributed by atoms with Crippen LogP contribution in [0.15, 0.2) is 0 Å². The fourth-order valence-electron chi connectivity index (χ4n) is 3.10. The van der Waals surface area contributed by atoms with Crippen molar-refractivity contribution in [2.24, 2.45) is 11.1 Å². The van der Waals surface area contributed by atoms with Crippen molar-refractivity contribution in [1.29, 1.82) is 5.41 Å². The normalized spacial score (nSPS) is 27.8. The van der Waals surface area contributed by atoms with Crippen molar-refractivity contribution in [2.45, 2.75) is 57.9 Å². The van der Waals surface area contributed by atoms with Crippen LogP contribution in [0.25, 0.3) is 0 Å². The molecule has 0 spiro atoms. The molecule has 0 unspecified atom stereocenters. The van der Waals surface area contributed by atoms with Gasteiger partial charge in [0.1, 0.15) is 0 Å². The Morgan fingerprint density at radius 2 is 1.75 bits per heavy atom. The molecule has 0 aromatic rings. The molecule has 1 aliphatic heterocycles. The van der Waals surface area contributed by atoms with Crippen LogP contribution < -0.4 is 5.73 Å². The van der Waals surface area contributed by atoms with Gasteiger partial charge in [-0.15, -0.1) is 0 Å². The largest absolute Gasteiger partial charge is 0.387 e. The first kappa shape index (κ1) is 11.9. The molecule has 2 fully saturated rings. The van der Waals surface area contributed by atoms with Gasteiger partial charge < -0.3 is 10.6 Å². The van der Waals surface area contributed by atoms with Crippen LogP contribution in [0.1, 0.15) is 51.9 Å². The maximum atomic E-state index is 7.66. The summed E-state index contributed by atoms with van der Waals surface area (Å²) in [5, 5.41) is 7.66. The first-order valence-electron chi connectivity index (χ1n) is 6.70. The minimum atomic E-state index is -0.0227. The number of piperidine rings is 1. The van der Waals surface area contributed by atoms with Crippen molar-refractivity contribution < 1.29 is 0 Å². The summed E-state index contributed by atoms with van der Waals surface area (Å²) in [4.78, 5) is 2.64. The topological polar surface area (TPSA) is 53.1 Å². The Labute approximate surface area is 98.9 Å². The quantitative estimate of drug-likeness (QED) is 0.558. The van der Waals surface area contributed by atoms with Crippen molar-refractivity contribution in [3.63, 3.8) is 0 Å². The van der Waals surface area contributed by atoms with Crippen LogP contribution in [-0.2, 0) is 0 Å². The third kappa shape index (κ3) is 2.40. The van der Waals surface area contributed by atoms with E-state index in [-0.39, 0.29) is 5.41 Å². The van der Waals surface area contributed by atoms with Crippen molar-refractivity contribution in [3.8, 4) is 0 Å². The van der Waals surface area contributed by atoms with Gasteiger partial charge in [-0.3, -0.25) is 5.41 Å². The zero-order valence-electron chi connectivity index (χ0n) is 10.5. The van der Waals surface area contributed by atoms with E-state index < -0.39 is 0 Å². The highest BCUT2D eigenvalue weighted by molar-refractivity contribution is 5.83. The maximum absolute atomic E-state index is 7.66. The van der Waals surface area contributed by atoms with E-state index in [9.17, 15) is 0 Å². The van der Waals surface area contributed by atoms with Gasteiger partial charge in [-0.25, -0.2) is 0 Å². The standard InChI is InChI=1S/C13H25N3/c1-13(12(14)15)7-9-16(10-8-13)11-5-3-2-4-6-11/h11H,2-10H2,1H3,(H3,14,15). The molecule has 1 saturated carbocycles. The number of hydrogen-bond acceptors (Lipinski definition) is 2. The average molecular weight is 223 g/mol. The van der Waals surface area contributed by atoms with Crippen LogP contribution in [0, 0.1) is 10.8 Å². The lowest BCUT2D eigenvalue weighted by molar-refractivity contribution is 0.0940. The Bertz CT molecular complexity index is 248. The molecular formula is C13H25N3. The highest BCUT2D eigenvalue weighted by Crippen LogP contribution is 2.33. The van der Waals surface area contributed by atoms with E-state index in [4.69, 9.17) is 11.1 Å². The number of amidine groups is 1. The zero-order chi connectivity index (χ0) is 11.6. The van der Waals surface area contributed by atoms with Crippen molar-refractivity contribution in [2.75, 3.05) is 13.1 Å². The van der Waals surface area contributed by atoms with Crippen LogP contribution in [0.2, 0.25) is 0 Å². The summed E-state index contributed by atoms with van der Waals surface area (Å²) in [5.74, 6) is 0.385. The first-order valence-corrected chi connectivity index (χ1v) is 6.70. The molecule has 1 heterocycles. The number of rotatable bonds is 2. The van der Waals surface area contributed by atoms with Gasteiger partial charge in [0.05, 0.1) is 5.84 Å². The predicted molar refractivity (Wildman–Crippen MR) is 67.7 cm³/mol. The Balaban J connectivity index is 1.87. The lowest BCUT2D eigenvalue weighted by atomic mass is 9.78. The Kier molecular flexibility index (Phi) is 3.53. The molecule has 3 heteroatoms. The van der Waals surface area contributed by atoms with Crippen LogP contribution in [0.3, 0.4) is 0 Å². The highest BCUT2D eigenvalue weighted by atomic mass is 15.2. The van der Waals surface area contributed by atoms with Crippen molar-refractivity contribution >= 4 is 5.84 Å². The fraction of sp³-hybridized carbons (Fsp3) is 0.923. The molecule has 0 aromatic carbocycles. The van der Waals surface area contributed by atoms with E-state index in [1.165, 1.54) is 32.1 Å². The molecule has 0 aromatic heterocycles. The van der Waals surface area contributed by atoms with Crippen LogP contribution in [-0.4, -0.2) is 29.9 Å². The lowest BCUT2D eigenvalue weighted by Gasteiger charge is -2.43. The minimum Gasteiger partial charge on any atom is -0.387 e. The molecule has 3 N–H and O–H groups in total. The average Bonchev–Trinajstić information content (AvgIpc) is 2.31. The van der Waals surface area contributed by atoms with Gasteiger partial charge in [0.25, 0.3) is 0 Å². The summed E-state index contributed by atoms with van der Waals surface area (Å²) in [6.45, 7) is 4.43. The maximum Gasteiger partial charge on any atom is 0.0966 e. The van der Waals surface area contributed by atoms with E-state index in [1.54, 1.807) is 0 Å². The van der Waals surface area contributed by atoms with Crippen LogP contribution in [0.5, 0.6) is 0 Å². The summed E-state index contributed by atoms with van der Waals surface area (Å²) in [6, 6.07) is 0.824. The SMILES string of the molecule is CC1(C(=N)N)CCN(C2CCCCC2)CC1. The van der Waals surface area contributed by atoms with Gasteiger partial charge in [0, 0.05) is 11.5 Å². The zero-order valence-corrected chi connectivity index (χ0v) is 10.5. The molecule has 3 nitrogen and oxygen atoms in total. The van der Waals surface area contributed by atoms with Gasteiger partial charge in [-0.05, 0) is 38.8 Å². The Morgan fingerprint density at radius 1 is 1.19 bits per heavy atom. The van der Waals surface area contributed by atoms with Crippen LogP contribution >= 0.6 is 0 Å². The third-order valence-electron chi connectivity index (χ3n) is 4.64. The van der Waals surface area contributed by atoms with Gasteiger partial charge in [-0.2, -0.15) is 0 Å². The van der Waals surface area contributed by atoms with E-state index >= 15 is 0 Å². The third-order valence-corrected chi connectivity index (χ3v) is 4.64. The van der Waals surface area contributed by atoms with E-state index in [0.29, 0.717) is 5.84 Å². The number of nitrogens with two attached hydrogens (primary N) is 1. The predicted octanol–water partition coefficient (Wildman–Crippen LogP) is 2.36. The molecule has 2 rings (SSSR count). The fourth-order valence-corrected chi connectivity index (χ4v) is 3.10. The summed E-state index contributed by atoms with van der Waals surface area (Å²) in [7, 11) is 0. The molecule has 16 heavy (non-hydrogen) atoms. The van der Waals surface area contributed by atoms with Gasteiger partial charge in [0.2, 0.25) is 0 Å². The number of likely N-dealkylation sites (tertiary alicyclic amines) is 1. The van der Waals surface area contributed by atoms with E-state index in [0.717, 1.165) is 32.0 Å². The number of nitrogens with zero attached hydrogens (tertiary/aromatic N) is 1. The second-order valence-corrected chi connectivity index (χ2v) is 5.80. The number of nitrogens with one attached hydrogen (secondary N) is 1. The van der Waals surface area contributed by atoms with Crippen LogP contribution in [0.4, 0.5) is 0 Å². The highest BCUT2D eigenvalue weighted by Gasteiger charge is 2.35. The van der Waals surface area contributed by atoms with E-state index in [1.807, 2.05) is 0 Å². The lowest BCUT2D eigenvalue weighted by Crippen LogP contribution is -2.48. The van der Waals surface area contributed by atoms with Gasteiger partial charge >= 0.3 is 0 Å². The molecule has 2 aliphatic rings. The summed E-state index contributed by atoms with van der Waals surface area (Å²) in [5.41, 5.74) is 5.67. The molecule has 92 valence electrons. The molecular weight excluding hydrogens is 198 g/mol. The van der Waals surface area contributed by atoms with Gasteiger partial charge in [0.15, 0.2) is 0 Å². The molecule has 1 saturated heterocycles. The second-order valence-electron chi connectivity index (χ2n) is 5.80. The molecule has 0 radical (unpaired) electrons. The second kappa shape index (κ2) is 4.74. The first-order chi connectivity index (χ1) is 7.62. The van der Waals surface area contributed by atoms with Crippen molar-refractivity contribution in [1.82, 2.24) is 4.90 Å². The Morgan fingerprint density at radius 3 is 2.25 bits per heavy atom. The molecule has 1 aliphatic carbocycles. The van der Waals surface area contributed by atoms with Crippen molar-refractivity contribution in [3.05, 3.63) is 0 Å². The monoisotopic (exact) mass is 223 g/mol. The Hall–Kier alpha value is -0.570. The molecule has 0 amide bonds. The van der Waals surface area contributed by atoms with E-state index in [2.05, 4.69) is 11.8 Å². The minimum absolute atomic E-state index is 0.0227. The molecule has 0 bridgehead atoms. The summed E-state index contributed by atoms with van der Waals surface area (Å²) < 4.78 is 0. The van der Waals surface area contributed by atoms with Gasteiger partial charge in [-0.1, -0.05) is 26.2 Å². The number of hydrogen-bond donors (Lipinski definition) is 2.